The number of nitrogens with zero attached hydrogens (tertiary/aromatic N) is 9. The van der Waals surface area contributed by atoms with Gasteiger partial charge in [-0.1, -0.05) is 20.8 Å². The molecular formula is C43H63F3N10O6. The third-order valence-corrected chi connectivity index (χ3v) is 12.0. The smallest absolute Gasteiger partial charge is 0.453 e. The Labute approximate surface area is 361 Å². The van der Waals surface area contributed by atoms with E-state index in [9.17, 15) is 32.7 Å². The van der Waals surface area contributed by atoms with Gasteiger partial charge in [0, 0.05) is 76.7 Å². The van der Waals surface area contributed by atoms with E-state index >= 15 is 0 Å². The van der Waals surface area contributed by atoms with Crippen LogP contribution >= 0.6 is 0 Å². The van der Waals surface area contributed by atoms with E-state index in [1.165, 1.54) is 18.6 Å². The van der Waals surface area contributed by atoms with Crippen LogP contribution in [-0.4, -0.2) is 139 Å². The van der Waals surface area contributed by atoms with Gasteiger partial charge < -0.3 is 34.6 Å². The predicted octanol–water partition coefficient (Wildman–Crippen LogP) is 6.99. The Morgan fingerprint density at radius 2 is 1.53 bits per heavy atom. The molecule has 3 saturated heterocycles. The second-order valence-electron chi connectivity index (χ2n) is 19.0. The number of piperidine rings is 2. The molecule has 3 amide bonds. The summed E-state index contributed by atoms with van der Waals surface area (Å²) in [6, 6.07) is 6.50. The maximum Gasteiger partial charge on any atom is 0.453 e. The molecule has 2 N–H and O–H groups in total. The lowest BCUT2D eigenvalue weighted by atomic mass is 9.77. The molecule has 7 rings (SSSR count). The first-order chi connectivity index (χ1) is 29.2. The number of likely N-dealkylation sites (tertiary alicyclic amines) is 2. The van der Waals surface area contributed by atoms with Crippen molar-refractivity contribution in [1.29, 1.82) is 0 Å². The van der Waals surface area contributed by atoms with Crippen LogP contribution in [-0.2, 0) is 10.9 Å². The van der Waals surface area contributed by atoms with Crippen LogP contribution in [0.5, 0.6) is 5.88 Å². The van der Waals surface area contributed by atoms with Gasteiger partial charge in [0.05, 0.1) is 5.56 Å². The van der Waals surface area contributed by atoms with Gasteiger partial charge in [0.2, 0.25) is 5.88 Å². The molecule has 1 aliphatic carbocycles. The molecular weight excluding hydrogens is 810 g/mol. The van der Waals surface area contributed by atoms with E-state index in [4.69, 9.17) is 9.47 Å². The molecule has 62 heavy (non-hydrogen) atoms. The summed E-state index contributed by atoms with van der Waals surface area (Å²) in [5.74, 6) is -0.0486. The normalized spacial score (nSPS) is 23.0. The van der Waals surface area contributed by atoms with Gasteiger partial charge in [-0.25, -0.2) is 14.6 Å². The zero-order valence-corrected chi connectivity index (χ0v) is 36.9. The van der Waals surface area contributed by atoms with Crippen molar-refractivity contribution in [3.8, 4) is 5.88 Å². The molecule has 342 valence electrons. The monoisotopic (exact) mass is 872 g/mol. The molecule has 16 nitrogen and oxygen atoms in total. The largest absolute Gasteiger partial charge is 0.473 e. The number of hydrogen-bond donors (Lipinski definition) is 2. The number of piperazine rings is 1. The van der Waals surface area contributed by atoms with Gasteiger partial charge in [0.15, 0.2) is 5.65 Å². The topological polar surface area (TPSA) is 171 Å². The number of carboxylic acid groups (broad SMARTS) is 1. The van der Waals surface area contributed by atoms with E-state index in [0.717, 1.165) is 77.3 Å². The Morgan fingerprint density at radius 1 is 0.839 bits per heavy atom. The molecule has 0 radical (unpaired) electrons. The third-order valence-electron chi connectivity index (χ3n) is 12.0. The van der Waals surface area contributed by atoms with Crippen molar-refractivity contribution >= 4 is 29.6 Å². The lowest BCUT2D eigenvalue weighted by molar-refractivity contribution is -0.146. The number of pyridine rings is 1. The molecule has 3 aromatic rings. The van der Waals surface area contributed by atoms with Gasteiger partial charge in [-0.3, -0.25) is 9.69 Å². The van der Waals surface area contributed by atoms with E-state index in [1.807, 2.05) is 26.8 Å². The highest BCUT2D eigenvalue weighted by molar-refractivity contribution is 5.94. The zero-order valence-electron chi connectivity index (χ0n) is 36.9. The number of anilines is 1. The number of amides is 3. The van der Waals surface area contributed by atoms with Crippen LogP contribution in [0.4, 0.5) is 28.6 Å². The maximum atomic E-state index is 13.2. The number of carbonyl (C=O) groups excluding carboxylic acids is 2. The van der Waals surface area contributed by atoms with Crippen molar-refractivity contribution in [3.05, 3.63) is 41.9 Å². The minimum absolute atomic E-state index is 0.0144. The highest BCUT2D eigenvalue weighted by Gasteiger charge is 2.40. The first-order valence-electron chi connectivity index (χ1n) is 21.9. The highest BCUT2D eigenvalue weighted by Crippen LogP contribution is 2.35. The van der Waals surface area contributed by atoms with Crippen molar-refractivity contribution in [2.75, 3.05) is 57.3 Å². The molecule has 6 heterocycles. The summed E-state index contributed by atoms with van der Waals surface area (Å²) in [7, 11) is 0. The first kappa shape index (κ1) is 46.6. The predicted molar refractivity (Wildman–Crippen MR) is 225 cm³/mol. The summed E-state index contributed by atoms with van der Waals surface area (Å²) in [5, 5.41) is 23.4. The molecule has 1 saturated carbocycles. The summed E-state index contributed by atoms with van der Waals surface area (Å²) in [6.07, 6.45) is 3.45. The number of carbonyl (C=O) groups is 3. The van der Waals surface area contributed by atoms with E-state index in [2.05, 4.69) is 56.2 Å². The number of fused-ring (bicyclic) bond motifs is 1. The van der Waals surface area contributed by atoms with Crippen molar-refractivity contribution in [3.63, 3.8) is 0 Å². The number of alkyl halides is 3. The summed E-state index contributed by atoms with van der Waals surface area (Å²) >= 11 is 0. The Kier molecular flexibility index (Phi) is 14.7. The highest BCUT2D eigenvalue weighted by atomic mass is 19.4. The van der Waals surface area contributed by atoms with E-state index < -0.39 is 18.1 Å². The van der Waals surface area contributed by atoms with Gasteiger partial charge in [0.1, 0.15) is 17.5 Å². The first-order valence-corrected chi connectivity index (χ1v) is 21.9. The summed E-state index contributed by atoms with van der Waals surface area (Å²) in [5.41, 5.74) is -0.0113. The maximum absolute atomic E-state index is 13.2. The lowest BCUT2D eigenvalue weighted by Crippen LogP contribution is -2.54. The molecule has 2 unspecified atom stereocenters. The number of aromatic nitrogens is 5. The lowest BCUT2D eigenvalue weighted by Gasteiger charge is -2.46. The fourth-order valence-corrected chi connectivity index (χ4v) is 8.67. The molecule has 4 fully saturated rings. The van der Waals surface area contributed by atoms with Crippen LogP contribution in [0.2, 0.25) is 0 Å². The average Bonchev–Trinajstić information content (AvgIpc) is 3.66. The summed E-state index contributed by atoms with van der Waals surface area (Å²) in [6.45, 7) is 18.7. The summed E-state index contributed by atoms with van der Waals surface area (Å²) < 4.78 is 51.4. The van der Waals surface area contributed by atoms with Crippen molar-refractivity contribution < 1.29 is 42.1 Å². The second-order valence-corrected chi connectivity index (χ2v) is 19.0. The Balaban J connectivity index is 0.000000423. The Bertz CT molecular complexity index is 1960. The van der Waals surface area contributed by atoms with Gasteiger partial charge in [-0.2, -0.15) is 17.7 Å². The molecule has 0 spiro atoms. The van der Waals surface area contributed by atoms with Crippen LogP contribution in [0.3, 0.4) is 0 Å². The van der Waals surface area contributed by atoms with Gasteiger partial charge in [-0.05, 0) is 108 Å². The van der Waals surface area contributed by atoms with Crippen molar-refractivity contribution in [2.45, 2.75) is 129 Å². The minimum Gasteiger partial charge on any atom is -0.473 e. The van der Waals surface area contributed by atoms with Crippen LogP contribution < -0.4 is 15.0 Å². The van der Waals surface area contributed by atoms with Crippen molar-refractivity contribution in [1.82, 2.24) is 44.8 Å². The number of nitrogens with one attached hydrogen (secondary N) is 1. The molecule has 2 atom stereocenters. The second kappa shape index (κ2) is 19.6. The fourth-order valence-electron chi connectivity index (χ4n) is 8.67. The molecule has 19 heteroatoms. The standard InChI is InChI=1S/C33H44F3N9O4.C10H19NO2/c1-32(2,3)25-18-21(12-13-44(25)31(47)48)20-42-14-16-43(17-15-42)26-9-4-22(19-37-26)29(46)38-23-5-7-24(8-6-23)49-28-11-10-27-39-40-30(33(34,35)36)45(27)41-28;1-10(2,3)13-9(12)11-7-5-4-6-8-11/h4,9-11,19,21,23-25H,5-8,12-18,20H2,1-3H3,(H,38,46)(H,47,48);4-8H2,1-3H3. The molecule has 3 aliphatic heterocycles. The zero-order chi connectivity index (χ0) is 44.8. The Morgan fingerprint density at radius 3 is 2.13 bits per heavy atom. The molecule has 0 bridgehead atoms. The number of halogens is 3. The Hall–Kier alpha value is -4.94. The molecule has 0 aromatic carbocycles. The number of hydrogen-bond acceptors (Lipinski definition) is 11. The van der Waals surface area contributed by atoms with Crippen LogP contribution in [0, 0.1) is 11.3 Å². The average molecular weight is 873 g/mol. The number of rotatable bonds is 7. The SMILES string of the molecule is CC(C)(C)C1CC(CN2CCN(c3ccc(C(=O)NC4CCC(Oc5ccc6nnc(C(F)(F)F)n6n5)CC4)cn3)CC2)CCN1C(=O)O.CC(C)(C)OC(=O)N1CCCCC1. The van der Waals surface area contributed by atoms with Crippen LogP contribution in [0.1, 0.15) is 116 Å². The fraction of sp³-hybridized carbons (Fsp3) is 0.698. The van der Waals surface area contributed by atoms with Gasteiger partial charge >= 0.3 is 18.4 Å². The molecule has 4 aliphatic rings. The van der Waals surface area contributed by atoms with Gasteiger partial charge in [0.25, 0.3) is 11.7 Å². The summed E-state index contributed by atoms with van der Waals surface area (Å²) in [4.78, 5) is 49.0. The number of ether oxygens (including phenoxy) is 2. The van der Waals surface area contributed by atoms with Crippen LogP contribution in [0.15, 0.2) is 30.5 Å². The van der Waals surface area contributed by atoms with Crippen LogP contribution in [0.25, 0.3) is 5.65 Å². The van der Waals surface area contributed by atoms with Gasteiger partial charge in [-0.15, -0.1) is 15.3 Å². The van der Waals surface area contributed by atoms with E-state index in [1.54, 1.807) is 22.1 Å². The minimum atomic E-state index is -4.69. The quantitative estimate of drug-likeness (QED) is 0.250. The van der Waals surface area contributed by atoms with E-state index in [0.29, 0.717) is 48.2 Å². The van der Waals surface area contributed by atoms with Crippen molar-refractivity contribution in [2.24, 2.45) is 11.3 Å². The molecule has 3 aromatic heterocycles. The van der Waals surface area contributed by atoms with E-state index in [-0.39, 0.29) is 52.7 Å². The third kappa shape index (κ3) is 12.6.